The average Bonchev–Trinajstić information content (AvgIpc) is 3.16. The van der Waals surface area contributed by atoms with Gasteiger partial charge in [0.25, 0.3) is 0 Å². The summed E-state index contributed by atoms with van der Waals surface area (Å²) in [5, 5.41) is 13.3. The highest BCUT2D eigenvalue weighted by Gasteiger charge is 2.29. The summed E-state index contributed by atoms with van der Waals surface area (Å²) in [6.45, 7) is 0.718. The van der Waals surface area contributed by atoms with Crippen LogP contribution in [0.15, 0.2) is 24.3 Å². The number of rotatable bonds is 5. The molecule has 1 aliphatic rings. The SMILES string of the molecule is FC(F)(F)c1ccc(Cc2nnc(CNC3CC3)s2)cc1. The topological polar surface area (TPSA) is 37.8 Å². The van der Waals surface area contributed by atoms with E-state index in [4.69, 9.17) is 0 Å². The van der Waals surface area contributed by atoms with Crippen molar-refractivity contribution in [3.05, 3.63) is 45.4 Å². The van der Waals surface area contributed by atoms with Crippen LogP contribution in [0.3, 0.4) is 0 Å². The number of benzene rings is 1. The van der Waals surface area contributed by atoms with E-state index < -0.39 is 11.7 Å². The Balaban J connectivity index is 1.60. The lowest BCUT2D eigenvalue weighted by Crippen LogP contribution is -2.14. The molecule has 0 spiro atoms. The summed E-state index contributed by atoms with van der Waals surface area (Å²) in [5.41, 5.74) is 0.179. The molecule has 3 nitrogen and oxygen atoms in total. The summed E-state index contributed by atoms with van der Waals surface area (Å²) >= 11 is 1.50. The van der Waals surface area contributed by atoms with Crippen LogP contribution < -0.4 is 5.32 Å². The maximum Gasteiger partial charge on any atom is 0.416 e. The Hall–Kier alpha value is -1.47. The van der Waals surface area contributed by atoms with Crippen molar-refractivity contribution in [1.82, 2.24) is 15.5 Å². The van der Waals surface area contributed by atoms with E-state index in [0.717, 1.165) is 34.3 Å². The van der Waals surface area contributed by atoms with Gasteiger partial charge in [0.2, 0.25) is 0 Å². The fraction of sp³-hybridized carbons (Fsp3) is 0.429. The van der Waals surface area contributed by atoms with Crippen molar-refractivity contribution in [3.63, 3.8) is 0 Å². The second kappa shape index (κ2) is 5.73. The Morgan fingerprint density at radius 2 is 1.76 bits per heavy atom. The van der Waals surface area contributed by atoms with Gasteiger partial charge in [-0.3, -0.25) is 0 Å². The predicted molar refractivity (Wildman–Crippen MR) is 74.0 cm³/mol. The van der Waals surface area contributed by atoms with Crippen molar-refractivity contribution in [2.24, 2.45) is 0 Å². The van der Waals surface area contributed by atoms with Crippen molar-refractivity contribution in [2.45, 2.75) is 38.0 Å². The van der Waals surface area contributed by atoms with Crippen LogP contribution in [0.4, 0.5) is 13.2 Å². The van der Waals surface area contributed by atoms with E-state index in [0.29, 0.717) is 12.5 Å². The van der Waals surface area contributed by atoms with Crippen LogP contribution >= 0.6 is 11.3 Å². The minimum Gasteiger partial charge on any atom is -0.308 e. The number of nitrogens with zero attached hydrogens (tertiary/aromatic N) is 2. The highest BCUT2D eigenvalue weighted by molar-refractivity contribution is 7.11. The molecule has 0 radical (unpaired) electrons. The van der Waals surface area contributed by atoms with Crippen LogP contribution in [0.5, 0.6) is 0 Å². The fourth-order valence-electron chi connectivity index (χ4n) is 1.94. The second-order valence-electron chi connectivity index (χ2n) is 5.12. The molecule has 1 saturated carbocycles. The highest BCUT2D eigenvalue weighted by atomic mass is 32.1. The molecule has 0 saturated heterocycles. The van der Waals surface area contributed by atoms with E-state index >= 15 is 0 Å². The quantitative estimate of drug-likeness (QED) is 0.919. The summed E-state index contributed by atoms with van der Waals surface area (Å²) in [7, 11) is 0. The van der Waals surface area contributed by atoms with Gasteiger partial charge >= 0.3 is 6.18 Å². The third kappa shape index (κ3) is 4.01. The van der Waals surface area contributed by atoms with Crippen LogP contribution in [-0.2, 0) is 19.1 Å². The average molecular weight is 313 g/mol. The number of hydrogen-bond donors (Lipinski definition) is 1. The Bertz CT molecular complexity index is 603. The van der Waals surface area contributed by atoms with Gasteiger partial charge in [-0.25, -0.2) is 0 Å². The standard InChI is InChI=1S/C14H14F3N3S/c15-14(16,17)10-3-1-9(2-4-10)7-12-19-20-13(21-12)8-18-11-5-6-11/h1-4,11,18H,5-8H2. The van der Waals surface area contributed by atoms with Crippen molar-refractivity contribution >= 4 is 11.3 Å². The zero-order chi connectivity index (χ0) is 14.9. The number of aromatic nitrogens is 2. The Kier molecular flexibility index (Phi) is 3.95. The molecule has 1 aromatic heterocycles. The van der Waals surface area contributed by atoms with E-state index in [1.807, 2.05) is 0 Å². The normalized spacial score (nSPS) is 15.4. The first kappa shape index (κ1) is 14.5. The molecule has 1 aromatic carbocycles. The van der Waals surface area contributed by atoms with E-state index in [1.54, 1.807) is 0 Å². The van der Waals surface area contributed by atoms with Gasteiger partial charge in [0.15, 0.2) is 0 Å². The molecule has 0 amide bonds. The predicted octanol–water partition coefficient (Wildman–Crippen LogP) is 3.40. The van der Waals surface area contributed by atoms with Crippen LogP contribution in [-0.4, -0.2) is 16.2 Å². The zero-order valence-corrected chi connectivity index (χ0v) is 12.0. The van der Waals surface area contributed by atoms with Gasteiger partial charge in [-0.05, 0) is 30.5 Å². The van der Waals surface area contributed by atoms with Gasteiger partial charge < -0.3 is 5.32 Å². The van der Waals surface area contributed by atoms with Crippen molar-refractivity contribution in [1.29, 1.82) is 0 Å². The highest BCUT2D eigenvalue weighted by Crippen LogP contribution is 2.29. The largest absolute Gasteiger partial charge is 0.416 e. The maximum absolute atomic E-state index is 12.5. The smallest absolute Gasteiger partial charge is 0.308 e. The molecule has 2 aromatic rings. The van der Waals surface area contributed by atoms with Gasteiger partial charge in [-0.1, -0.05) is 23.5 Å². The number of halogens is 3. The maximum atomic E-state index is 12.5. The Morgan fingerprint density at radius 1 is 1.10 bits per heavy atom. The van der Waals surface area contributed by atoms with E-state index in [1.165, 1.54) is 36.3 Å². The van der Waals surface area contributed by atoms with E-state index in [2.05, 4.69) is 15.5 Å². The molecule has 1 aliphatic carbocycles. The lowest BCUT2D eigenvalue weighted by Gasteiger charge is -2.06. The van der Waals surface area contributed by atoms with Crippen LogP contribution in [0.25, 0.3) is 0 Å². The molecule has 21 heavy (non-hydrogen) atoms. The number of nitrogens with one attached hydrogen (secondary N) is 1. The minimum atomic E-state index is -4.29. The molecule has 3 rings (SSSR count). The molecule has 0 unspecified atom stereocenters. The third-order valence-electron chi connectivity index (χ3n) is 3.26. The van der Waals surface area contributed by atoms with E-state index in [-0.39, 0.29) is 0 Å². The molecule has 1 heterocycles. The molecule has 112 valence electrons. The first-order chi connectivity index (χ1) is 10.0. The summed E-state index contributed by atoms with van der Waals surface area (Å²) < 4.78 is 37.4. The molecule has 0 aliphatic heterocycles. The third-order valence-corrected chi connectivity index (χ3v) is 4.19. The molecule has 1 N–H and O–H groups in total. The minimum absolute atomic E-state index is 0.513. The Morgan fingerprint density at radius 3 is 2.38 bits per heavy atom. The van der Waals surface area contributed by atoms with Crippen molar-refractivity contribution < 1.29 is 13.2 Å². The molecule has 0 bridgehead atoms. The van der Waals surface area contributed by atoms with Gasteiger partial charge in [0.1, 0.15) is 10.0 Å². The first-order valence-electron chi connectivity index (χ1n) is 6.71. The van der Waals surface area contributed by atoms with Crippen LogP contribution in [0.1, 0.15) is 34.0 Å². The first-order valence-corrected chi connectivity index (χ1v) is 7.53. The van der Waals surface area contributed by atoms with Crippen LogP contribution in [0, 0.1) is 0 Å². The summed E-state index contributed by atoms with van der Waals surface area (Å²) in [6.07, 6.45) is -1.34. The van der Waals surface area contributed by atoms with E-state index in [9.17, 15) is 13.2 Å². The molecular formula is C14H14F3N3S. The number of alkyl halides is 3. The number of hydrogen-bond acceptors (Lipinski definition) is 4. The summed E-state index contributed by atoms with van der Waals surface area (Å²) in [6, 6.07) is 5.81. The van der Waals surface area contributed by atoms with Crippen molar-refractivity contribution in [3.8, 4) is 0 Å². The van der Waals surface area contributed by atoms with Gasteiger partial charge in [0.05, 0.1) is 5.56 Å². The molecular weight excluding hydrogens is 299 g/mol. The van der Waals surface area contributed by atoms with Gasteiger partial charge in [0, 0.05) is 19.0 Å². The van der Waals surface area contributed by atoms with Crippen LogP contribution in [0.2, 0.25) is 0 Å². The molecule has 7 heteroatoms. The summed E-state index contributed by atoms with van der Waals surface area (Å²) in [5.74, 6) is 0. The lowest BCUT2D eigenvalue weighted by molar-refractivity contribution is -0.137. The molecule has 0 atom stereocenters. The fourth-order valence-corrected chi connectivity index (χ4v) is 2.77. The van der Waals surface area contributed by atoms with Gasteiger partial charge in [-0.2, -0.15) is 13.2 Å². The second-order valence-corrected chi connectivity index (χ2v) is 6.26. The Labute approximate surface area is 124 Å². The monoisotopic (exact) mass is 313 g/mol. The lowest BCUT2D eigenvalue weighted by atomic mass is 10.1. The summed E-state index contributed by atoms with van der Waals surface area (Å²) in [4.78, 5) is 0. The van der Waals surface area contributed by atoms with Crippen molar-refractivity contribution in [2.75, 3.05) is 0 Å². The zero-order valence-electron chi connectivity index (χ0n) is 11.2. The van der Waals surface area contributed by atoms with Gasteiger partial charge in [-0.15, -0.1) is 10.2 Å². The molecule has 1 fully saturated rings.